The predicted octanol–water partition coefficient (Wildman–Crippen LogP) is 1.89. The van der Waals surface area contributed by atoms with Crippen molar-refractivity contribution in [2.45, 2.75) is 52.7 Å². The molecule has 0 aliphatic heterocycles. The van der Waals surface area contributed by atoms with Gasteiger partial charge in [-0.25, -0.2) is 4.79 Å². The van der Waals surface area contributed by atoms with Crippen LogP contribution >= 0.6 is 0 Å². The number of fused-ring (bicyclic) bond motifs is 1. The van der Waals surface area contributed by atoms with E-state index < -0.39 is 34.9 Å². The highest BCUT2D eigenvalue weighted by Crippen LogP contribution is 2.25. The summed E-state index contributed by atoms with van der Waals surface area (Å²) in [5.41, 5.74) is 5.69. The molecule has 1 aromatic heterocycles. The van der Waals surface area contributed by atoms with Crippen LogP contribution in [-0.4, -0.2) is 46.1 Å². The lowest BCUT2D eigenvalue weighted by atomic mass is 9.88. The maximum Gasteiger partial charge on any atom is 0.326 e. The minimum Gasteiger partial charge on any atom is -0.480 e. The van der Waals surface area contributed by atoms with Gasteiger partial charge in [0.2, 0.25) is 5.91 Å². The topological polar surface area (TPSA) is 135 Å². The Morgan fingerprint density at radius 3 is 2.38 bits per heavy atom. The summed E-state index contributed by atoms with van der Waals surface area (Å²) in [5, 5.41) is 13.0. The third kappa shape index (κ3) is 4.95. The van der Waals surface area contributed by atoms with Gasteiger partial charge in [0.25, 0.3) is 0 Å². The number of aliphatic carboxylic acids is 1. The molecule has 0 spiro atoms. The summed E-state index contributed by atoms with van der Waals surface area (Å²) in [6.07, 6.45) is 0.0614. The second-order valence-corrected chi connectivity index (χ2v) is 8.38. The smallest absolute Gasteiger partial charge is 0.326 e. The third-order valence-electron chi connectivity index (χ3n) is 4.80. The Hall–Kier alpha value is -2.87. The van der Waals surface area contributed by atoms with Gasteiger partial charge in [0.05, 0.1) is 0 Å². The van der Waals surface area contributed by atoms with Gasteiger partial charge in [0.15, 0.2) is 5.41 Å². The second-order valence-electron chi connectivity index (χ2n) is 8.38. The van der Waals surface area contributed by atoms with Crippen molar-refractivity contribution < 1.29 is 24.2 Å². The Kier molecular flexibility index (Phi) is 6.37. The molecule has 1 heterocycles. The highest BCUT2D eigenvalue weighted by molar-refractivity contribution is 6.04. The predicted molar refractivity (Wildman–Crippen MR) is 109 cm³/mol. The molecule has 0 bridgehead atoms. The molecule has 5 N–H and O–H groups in total. The van der Waals surface area contributed by atoms with E-state index in [0.29, 0.717) is 0 Å². The molecule has 1 amide bonds. The zero-order chi connectivity index (χ0) is 22.0. The number of benzene rings is 1. The van der Waals surface area contributed by atoms with Crippen molar-refractivity contribution in [2.24, 2.45) is 11.1 Å². The van der Waals surface area contributed by atoms with E-state index in [1.54, 1.807) is 20.8 Å². The number of esters is 1. The Morgan fingerprint density at radius 2 is 1.83 bits per heavy atom. The number of carboxylic acid groups (broad SMARTS) is 1. The van der Waals surface area contributed by atoms with Crippen molar-refractivity contribution in [2.75, 3.05) is 6.54 Å². The number of amides is 1. The van der Waals surface area contributed by atoms with E-state index in [-0.39, 0.29) is 13.0 Å². The van der Waals surface area contributed by atoms with E-state index in [4.69, 9.17) is 10.5 Å². The van der Waals surface area contributed by atoms with Gasteiger partial charge in [-0.2, -0.15) is 0 Å². The molecular formula is C21H29N3O5. The number of hydrogen-bond acceptors (Lipinski definition) is 5. The van der Waals surface area contributed by atoms with Crippen molar-refractivity contribution in [3.8, 4) is 0 Å². The SMILES string of the molecule is Cc1[nH]c2ccccc2c1C[C@@H](NC(=O)C(C)(CN)C(=O)OC(C)(C)C)C(=O)O. The number of H-pyrrole nitrogens is 1. The number of nitrogens with one attached hydrogen (secondary N) is 2. The number of aryl methyl sites for hydroxylation is 1. The van der Waals surface area contributed by atoms with Gasteiger partial charge in [0.1, 0.15) is 11.6 Å². The minimum atomic E-state index is -1.70. The highest BCUT2D eigenvalue weighted by Gasteiger charge is 2.44. The monoisotopic (exact) mass is 403 g/mol. The quantitative estimate of drug-likeness (QED) is 0.412. The summed E-state index contributed by atoms with van der Waals surface area (Å²) >= 11 is 0. The molecule has 0 fully saturated rings. The number of rotatable bonds is 7. The number of hydrogen-bond donors (Lipinski definition) is 4. The van der Waals surface area contributed by atoms with Crippen molar-refractivity contribution in [1.82, 2.24) is 10.3 Å². The van der Waals surface area contributed by atoms with Crippen LogP contribution in [0.5, 0.6) is 0 Å². The summed E-state index contributed by atoms with van der Waals surface area (Å²) in [4.78, 5) is 40.4. The Labute approximate surface area is 169 Å². The maximum atomic E-state index is 12.9. The molecule has 158 valence electrons. The van der Waals surface area contributed by atoms with Crippen LogP contribution in [0, 0.1) is 12.3 Å². The molecule has 8 nitrogen and oxygen atoms in total. The van der Waals surface area contributed by atoms with Crippen molar-refractivity contribution in [3.05, 3.63) is 35.5 Å². The molecule has 1 unspecified atom stereocenters. The number of ether oxygens (including phenoxy) is 1. The van der Waals surface area contributed by atoms with Crippen molar-refractivity contribution in [1.29, 1.82) is 0 Å². The Morgan fingerprint density at radius 1 is 1.21 bits per heavy atom. The van der Waals surface area contributed by atoms with Crippen LogP contribution in [-0.2, 0) is 25.5 Å². The summed E-state index contributed by atoms with van der Waals surface area (Å²) in [6.45, 7) is 7.93. The second kappa shape index (κ2) is 8.24. The van der Waals surface area contributed by atoms with Gasteiger partial charge in [-0.15, -0.1) is 0 Å². The number of nitrogens with two attached hydrogens (primary N) is 1. The van der Waals surface area contributed by atoms with Crippen LogP contribution < -0.4 is 11.1 Å². The molecule has 1 aromatic carbocycles. The molecule has 0 saturated heterocycles. The number of aromatic nitrogens is 1. The van der Waals surface area contributed by atoms with Gasteiger partial charge >= 0.3 is 11.9 Å². The molecular weight excluding hydrogens is 374 g/mol. The number of carbonyl (C=O) groups is 3. The average Bonchev–Trinajstić information content (AvgIpc) is 2.94. The summed E-state index contributed by atoms with van der Waals surface area (Å²) < 4.78 is 5.31. The fraction of sp³-hybridized carbons (Fsp3) is 0.476. The molecule has 8 heteroatoms. The van der Waals surface area contributed by atoms with Crippen LogP contribution in [0.25, 0.3) is 10.9 Å². The molecule has 0 aliphatic rings. The normalized spacial score (nSPS) is 14.8. The highest BCUT2D eigenvalue weighted by atomic mass is 16.6. The first-order chi connectivity index (χ1) is 13.4. The lowest BCUT2D eigenvalue weighted by Crippen LogP contribution is -2.55. The fourth-order valence-corrected chi connectivity index (χ4v) is 2.98. The van der Waals surface area contributed by atoms with E-state index in [0.717, 1.165) is 22.2 Å². The van der Waals surface area contributed by atoms with Crippen LogP contribution in [0.2, 0.25) is 0 Å². The molecule has 0 radical (unpaired) electrons. The maximum absolute atomic E-state index is 12.9. The molecule has 29 heavy (non-hydrogen) atoms. The van der Waals surface area contributed by atoms with Crippen LogP contribution in [0.3, 0.4) is 0 Å². The van der Waals surface area contributed by atoms with Gasteiger partial charge in [0, 0.05) is 29.6 Å². The lowest BCUT2D eigenvalue weighted by Gasteiger charge is -2.30. The first kappa shape index (κ1) is 22.4. The minimum absolute atomic E-state index is 0.0614. The van der Waals surface area contributed by atoms with Gasteiger partial charge in [-0.3, -0.25) is 9.59 Å². The average molecular weight is 403 g/mol. The molecule has 0 saturated carbocycles. The third-order valence-corrected chi connectivity index (χ3v) is 4.80. The van der Waals surface area contributed by atoms with Crippen LogP contribution in [0.4, 0.5) is 0 Å². The van der Waals surface area contributed by atoms with Gasteiger partial charge < -0.3 is 25.9 Å². The summed E-state index contributed by atoms with van der Waals surface area (Å²) in [6, 6.07) is 6.30. The Bertz CT molecular complexity index is 928. The van der Waals surface area contributed by atoms with Crippen molar-refractivity contribution in [3.63, 3.8) is 0 Å². The number of para-hydroxylation sites is 1. The Balaban J connectivity index is 2.27. The van der Waals surface area contributed by atoms with Crippen LogP contribution in [0.15, 0.2) is 24.3 Å². The first-order valence-corrected chi connectivity index (χ1v) is 9.42. The molecule has 2 atom stereocenters. The number of carbonyl (C=O) groups excluding carboxylic acids is 2. The van der Waals surface area contributed by atoms with Gasteiger partial charge in [-0.05, 0) is 46.2 Å². The van der Waals surface area contributed by atoms with E-state index in [9.17, 15) is 19.5 Å². The van der Waals surface area contributed by atoms with Crippen LogP contribution in [0.1, 0.15) is 39.0 Å². The van der Waals surface area contributed by atoms with Crippen molar-refractivity contribution >= 4 is 28.7 Å². The fourth-order valence-electron chi connectivity index (χ4n) is 2.98. The summed E-state index contributed by atoms with van der Waals surface area (Å²) in [5.74, 6) is -2.77. The van der Waals surface area contributed by atoms with E-state index in [1.165, 1.54) is 6.92 Å². The molecule has 2 aromatic rings. The number of aromatic amines is 1. The van der Waals surface area contributed by atoms with E-state index in [1.807, 2.05) is 31.2 Å². The zero-order valence-electron chi connectivity index (χ0n) is 17.5. The number of carboxylic acids is 1. The largest absolute Gasteiger partial charge is 0.480 e. The molecule has 0 aliphatic carbocycles. The summed E-state index contributed by atoms with van der Waals surface area (Å²) in [7, 11) is 0. The standard InChI is InChI=1S/C21H29N3O5/c1-12-14(13-8-6-7-9-15(13)23-12)10-16(17(25)26)24-18(27)21(5,11-22)19(28)29-20(2,3)4/h6-9,16,23H,10-11,22H2,1-5H3,(H,24,27)(H,25,26)/t16-,21?/m1/s1. The van der Waals surface area contributed by atoms with E-state index >= 15 is 0 Å². The first-order valence-electron chi connectivity index (χ1n) is 9.42. The lowest BCUT2D eigenvalue weighted by molar-refractivity contribution is -0.170. The zero-order valence-corrected chi connectivity index (χ0v) is 17.5. The molecule has 2 rings (SSSR count). The van der Waals surface area contributed by atoms with Gasteiger partial charge in [-0.1, -0.05) is 18.2 Å². The van der Waals surface area contributed by atoms with E-state index in [2.05, 4.69) is 10.3 Å².